The highest BCUT2D eigenvalue weighted by molar-refractivity contribution is 9.10. The molecule has 136 valence electrons. The third-order valence-electron chi connectivity index (χ3n) is 3.94. The molecule has 27 heavy (non-hydrogen) atoms. The van der Waals surface area contributed by atoms with Crippen molar-refractivity contribution in [3.63, 3.8) is 0 Å². The molecule has 2 aromatic heterocycles. The number of aromatic nitrogens is 2. The lowest BCUT2D eigenvalue weighted by Gasteiger charge is -2.09. The molecule has 2 heterocycles. The maximum Gasteiger partial charge on any atom is 0.297 e. The first-order valence-electron chi connectivity index (χ1n) is 7.75. The molecule has 0 saturated heterocycles. The number of nitrogens with one attached hydrogen (secondary N) is 1. The van der Waals surface area contributed by atoms with Crippen molar-refractivity contribution in [1.29, 1.82) is 0 Å². The number of hydrogen-bond acceptors (Lipinski definition) is 4. The van der Waals surface area contributed by atoms with Gasteiger partial charge in [-0.25, -0.2) is 13.8 Å². The lowest BCUT2D eigenvalue weighted by atomic mass is 10.2. The quantitative estimate of drug-likeness (QED) is 0.532. The Hall–Kier alpha value is -3.07. The maximum atomic E-state index is 13.8. The summed E-state index contributed by atoms with van der Waals surface area (Å²) in [7, 11) is 0. The van der Waals surface area contributed by atoms with Crippen molar-refractivity contribution in [2.45, 2.75) is 6.54 Å². The molecule has 0 atom stereocenters. The van der Waals surface area contributed by atoms with E-state index >= 15 is 0 Å². The minimum atomic E-state index is -0.937. The molecule has 0 aliphatic heterocycles. The van der Waals surface area contributed by atoms with E-state index in [0.717, 1.165) is 10.6 Å². The maximum absolute atomic E-state index is 13.8. The van der Waals surface area contributed by atoms with Crippen LogP contribution in [0.5, 0.6) is 0 Å². The van der Waals surface area contributed by atoms with Gasteiger partial charge in [0.25, 0.3) is 5.56 Å². The van der Waals surface area contributed by atoms with Crippen LogP contribution in [0.25, 0.3) is 22.1 Å². The summed E-state index contributed by atoms with van der Waals surface area (Å²) in [5.74, 6) is -2.40. The third-order valence-corrected chi connectivity index (χ3v) is 4.56. The Morgan fingerprint density at radius 2 is 2.04 bits per heavy atom. The third kappa shape index (κ3) is 3.10. The van der Waals surface area contributed by atoms with Crippen molar-refractivity contribution in [2.24, 2.45) is 0 Å². The Morgan fingerprint density at radius 3 is 2.81 bits per heavy atom. The summed E-state index contributed by atoms with van der Waals surface area (Å²) in [4.78, 5) is 29.0. The summed E-state index contributed by atoms with van der Waals surface area (Å²) in [6, 6.07) is 8.72. The number of para-hydroxylation sites is 1. The zero-order valence-electron chi connectivity index (χ0n) is 13.5. The van der Waals surface area contributed by atoms with Crippen LogP contribution < -0.4 is 10.9 Å². The van der Waals surface area contributed by atoms with Crippen molar-refractivity contribution in [3.05, 3.63) is 69.2 Å². The van der Waals surface area contributed by atoms with Gasteiger partial charge in [0, 0.05) is 15.9 Å². The zero-order valence-corrected chi connectivity index (χ0v) is 15.1. The molecule has 0 unspecified atom stereocenters. The van der Waals surface area contributed by atoms with E-state index in [9.17, 15) is 18.4 Å². The van der Waals surface area contributed by atoms with Crippen LogP contribution in [0.2, 0.25) is 0 Å². The van der Waals surface area contributed by atoms with Crippen LogP contribution in [0.4, 0.5) is 14.5 Å². The molecule has 6 nitrogen and oxygen atoms in total. The molecule has 0 aliphatic carbocycles. The van der Waals surface area contributed by atoms with Crippen LogP contribution in [0.15, 0.2) is 56.4 Å². The first-order chi connectivity index (χ1) is 12.9. The standard InChI is InChI=1S/C18H10BrF2N3O3/c19-11-5-9(20)6-12(21)16(11)23-14(25)7-24-8-22-15-10-3-1-2-4-13(10)27-17(15)18(24)26/h1-6,8H,7H2,(H,23,25). The predicted octanol–water partition coefficient (Wildman–Crippen LogP) is 3.82. The van der Waals surface area contributed by atoms with Crippen LogP contribution in [-0.4, -0.2) is 15.5 Å². The molecule has 4 aromatic rings. The number of furan rings is 1. The van der Waals surface area contributed by atoms with Gasteiger partial charge in [-0.05, 0) is 34.1 Å². The fourth-order valence-electron chi connectivity index (χ4n) is 2.72. The largest absolute Gasteiger partial charge is 0.448 e. The molecule has 2 aromatic carbocycles. The van der Waals surface area contributed by atoms with E-state index in [1.165, 1.54) is 6.33 Å². The minimum Gasteiger partial charge on any atom is -0.448 e. The molecule has 0 fully saturated rings. The average Bonchev–Trinajstić information content (AvgIpc) is 3.00. The zero-order chi connectivity index (χ0) is 19.1. The van der Waals surface area contributed by atoms with Crippen molar-refractivity contribution in [2.75, 3.05) is 5.32 Å². The number of halogens is 3. The normalized spacial score (nSPS) is 11.2. The van der Waals surface area contributed by atoms with Crippen LogP contribution >= 0.6 is 15.9 Å². The number of carbonyl (C=O) groups is 1. The minimum absolute atomic E-state index is 0.0284. The highest BCUT2D eigenvalue weighted by Gasteiger charge is 2.16. The second kappa shape index (κ2) is 6.58. The molecule has 0 aliphatic rings. The van der Waals surface area contributed by atoms with Crippen LogP contribution in [0, 0.1) is 11.6 Å². The Bertz CT molecular complexity index is 1240. The number of benzene rings is 2. The lowest BCUT2D eigenvalue weighted by Crippen LogP contribution is -2.28. The molecule has 0 spiro atoms. The fourth-order valence-corrected chi connectivity index (χ4v) is 3.23. The number of carbonyl (C=O) groups excluding carboxylic acids is 1. The molecule has 1 N–H and O–H groups in total. The Kier molecular flexibility index (Phi) is 4.23. The van der Waals surface area contributed by atoms with Gasteiger partial charge in [-0.2, -0.15) is 0 Å². The van der Waals surface area contributed by atoms with Gasteiger partial charge in [0.05, 0.1) is 12.0 Å². The Labute approximate surface area is 158 Å². The SMILES string of the molecule is O=C(Cn1cnc2c(oc3ccccc32)c1=O)Nc1c(F)cc(F)cc1Br. The van der Waals surface area contributed by atoms with Crippen LogP contribution in [0.1, 0.15) is 0 Å². The van der Waals surface area contributed by atoms with E-state index in [0.29, 0.717) is 22.6 Å². The summed E-state index contributed by atoms with van der Waals surface area (Å²) >= 11 is 2.99. The number of rotatable bonds is 3. The second-order valence-corrected chi connectivity index (χ2v) is 6.60. The predicted molar refractivity (Wildman–Crippen MR) is 98.5 cm³/mol. The molecular weight excluding hydrogens is 424 g/mol. The monoisotopic (exact) mass is 433 g/mol. The first kappa shape index (κ1) is 17.3. The fraction of sp³-hybridized carbons (Fsp3) is 0.0556. The van der Waals surface area contributed by atoms with Gasteiger partial charge in [-0.15, -0.1) is 0 Å². The summed E-state index contributed by atoms with van der Waals surface area (Å²) < 4.78 is 33.6. The number of fused-ring (bicyclic) bond motifs is 3. The van der Waals surface area contributed by atoms with E-state index in [4.69, 9.17) is 4.42 Å². The Morgan fingerprint density at radius 1 is 1.26 bits per heavy atom. The number of anilines is 1. The van der Waals surface area contributed by atoms with Gasteiger partial charge >= 0.3 is 0 Å². The van der Waals surface area contributed by atoms with Crippen molar-refractivity contribution < 1.29 is 18.0 Å². The summed E-state index contributed by atoms with van der Waals surface area (Å²) in [6.45, 7) is -0.415. The first-order valence-corrected chi connectivity index (χ1v) is 8.54. The van der Waals surface area contributed by atoms with E-state index in [2.05, 4.69) is 26.2 Å². The van der Waals surface area contributed by atoms with E-state index in [-0.39, 0.29) is 15.7 Å². The van der Waals surface area contributed by atoms with Gasteiger partial charge < -0.3 is 9.73 Å². The highest BCUT2D eigenvalue weighted by Crippen LogP contribution is 2.27. The average molecular weight is 434 g/mol. The molecule has 9 heteroatoms. The topological polar surface area (TPSA) is 77.1 Å². The van der Waals surface area contributed by atoms with Gasteiger partial charge in [0.1, 0.15) is 23.5 Å². The molecule has 0 bridgehead atoms. The molecule has 1 amide bonds. The lowest BCUT2D eigenvalue weighted by molar-refractivity contribution is -0.116. The van der Waals surface area contributed by atoms with E-state index in [1.807, 2.05) is 0 Å². The molecular formula is C18H10BrF2N3O3. The van der Waals surface area contributed by atoms with Crippen molar-refractivity contribution in [1.82, 2.24) is 9.55 Å². The molecule has 0 radical (unpaired) electrons. The van der Waals surface area contributed by atoms with Crippen molar-refractivity contribution in [3.8, 4) is 0 Å². The van der Waals surface area contributed by atoms with Crippen LogP contribution in [-0.2, 0) is 11.3 Å². The summed E-state index contributed by atoms with van der Waals surface area (Å²) in [5, 5.41) is 3.00. The van der Waals surface area contributed by atoms with Gasteiger partial charge in [-0.3, -0.25) is 14.2 Å². The summed E-state index contributed by atoms with van der Waals surface area (Å²) in [5.41, 5.74) is 0.189. The number of amides is 1. The smallest absolute Gasteiger partial charge is 0.297 e. The van der Waals surface area contributed by atoms with E-state index < -0.39 is 29.6 Å². The summed E-state index contributed by atoms with van der Waals surface area (Å²) in [6.07, 6.45) is 1.22. The number of hydrogen-bond donors (Lipinski definition) is 1. The Balaban J connectivity index is 1.66. The molecule has 4 rings (SSSR count). The second-order valence-electron chi connectivity index (χ2n) is 5.75. The van der Waals surface area contributed by atoms with Gasteiger partial charge in [-0.1, -0.05) is 12.1 Å². The van der Waals surface area contributed by atoms with Gasteiger partial charge in [0.2, 0.25) is 11.5 Å². The highest BCUT2D eigenvalue weighted by atomic mass is 79.9. The molecule has 0 saturated carbocycles. The van der Waals surface area contributed by atoms with Crippen LogP contribution in [0.3, 0.4) is 0 Å². The van der Waals surface area contributed by atoms with Gasteiger partial charge in [0.15, 0.2) is 5.82 Å². The number of nitrogens with zero attached hydrogens (tertiary/aromatic N) is 2. The van der Waals surface area contributed by atoms with E-state index in [1.54, 1.807) is 24.3 Å². The van der Waals surface area contributed by atoms with Crippen molar-refractivity contribution >= 4 is 49.6 Å².